The molecule has 126 valence electrons. The van der Waals surface area contributed by atoms with E-state index in [2.05, 4.69) is 15.6 Å². The minimum Gasteiger partial charge on any atom is -0.352 e. The van der Waals surface area contributed by atoms with E-state index >= 15 is 0 Å². The van der Waals surface area contributed by atoms with Gasteiger partial charge in [0.25, 0.3) is 11.8 Å². The van der Waals surface area contributed by atoms with Crippen molar-refractivity contribution in [2.24, 2.45) is 5.92 Å². The van der Waals surface area contributed by atoms with Crippen LogP contribution in [0.2, 0.25) is 0 Å². The number of pyridine rings is 1. The molecule has 0 saturated carbocycles. The maximum atomic E-state index is 12.2. The zero-order chi connectivity index (χ0) is 17.5. The molecule has 0 saturated heterocycles. The Morgan fingerprint density at radius 3 is 2.42 bits per heavy atom. The summed E-state index contributed by atoms with van der Waals surface area (Å²) in [5, 5.41) is 5.65. The summed E-state index contributed by atoms with van der Waals surface area (Å²) < 4.78 is 0. The molecule has 0 spiro atoms. The van der Waals surface area contributed by atoms with Crippen molar-refractivity contribution in [1.82, 2.24) is 15.6 Å². The molecule has 2 aromatic rings. The van der Waals surface area contributed by atoms with Gasteiger partial charge in [-0.2, -0.15) is 0 Å². The molecule has 0 aliphatic rings. The number of nitrogens with zero attached hydrogens (tertiary/aromatic N) is 1. The number of nitrogens with one attached hydrogen (secondary N) is 2. The third kappa shape index (κ3) is 5.19. The highest BCUT2D eigenvalue weighted by atomic mass is 16.2. The van der Waals surface area contributed by atoms with Crippen LogP contribution in [0, 0.1) is 12.8 Å². The molecule has 0 aliphatic heterocycles. The maximum absolute atomic E-state index is 12.2. The van der Waals surface area contributed by atoms with E-state index < -0.39 is 0 Å². The van der Waals surface area contributed by atoms with Crippen LogP contribution in [0.15, 0.2) is 42.6 Å². The van der Waals surface area contributed by atoms with Crippen molar-refractivity contribution in [3.8, 4) is 0 Å². The van der Waals surface area contributed by atoms with Crippen LogP contribution in [0.4, 0.5) is 0 Å². The molecule has 2 rings (SSSR count). The number of aromatic nitrogens is 1. The maximum Gasteiger partial charge on any atom is 0.270 e. The van der Waals surface area contributed by atoms with Gasteiger partial charge in [-0.25, -0.2) is 0 Å². The highest BCUT2D eigenvalue weighted by molar-refractivity contribution is 5.98. The standard InChI is InChI=1S/C19H23N3O2/c1-13(2)11-21-18(23)16-8-9-20-17(10-16)19(24)22-12-15-6-4-14(3)5-7-15/h4-10,13H,11-12H2,1-3H3,(H,21,23)(H,22,24). The van der Waals surface area contributed by atoms with Gasteiger partial charge < -0.3 is 10.6 Å². The van der Waals surface area contributed by atoms with E-state index in [-0.39, 0.29) is 17.5 Å². The monoisotopic (exact) mass is 325 g/mol. The lowest BCUT2D eigenvalue weighted by molar-refractivity contribution is 0.0946. The minimum absolute atomic E-state index is 0.196. The fourth-order valence-corrected chi connectivity index (χ4v) is 2.07. The molecule has 0 aliphatic carbocycles. The Morgan fingerprint density at radius 1 is 1.04 bits per heavy atom. The predicted molar refractivity (Wildman–Crippen MR) is 93.8 cm³/mol. The lowest BCUT2D eigenvalue weighted by Gasteiger charge is -2.09. The summed E-state index contributed by atoms with van der Waals surface area (Å²) >= 11 is 0. The number of carbonyl (C=O) groups is 2. The topological polar surface area (TPSA) is 71.1 Å². The first-order valence-corrected chi connectivity index (χ1v) is 8.03. The average molecular weight is 325 g/mol. The van der Waals surface area contributed by atoms with Crippen LogP contribution < -0.4 is 10.6 Å². The van der Waals surface area contributed by atoms with E-state index in [4.69, 9.17) is 0 Å². The lowest BCUT2D eigenvalue weighted by Crippen LogP contribution is -2.28. The first-order valence-electron chi connectivity index (χ1n) is 8.03. The minimum atomic E-state index is -0.297. The Kier molecular flexibility index (Phi) is 6.07. The van der Waals surface area contributed by atoms with Gasteiger partial charge in [0, 0.05) is 24.8 Å². The molecule has 2 N–H and O–H groups in total. The van der Waals surface area contributed by atoms with Crippen LogP contribution in [0.5, 0.6) is 0 Å². The number of amides is 2. The van der Waals surface area contributed by atoms with Gasteiger partial charge in [0.05, 0.1) is 0 Å². The fourth-order valence-electron chi connectivity index (χ4n) is 2.07. The van der Waals surface area contributed by atoms with Crippen LogP contribution in [0.3, 0.4) is 0 Å². The smallest absolute Gasteiger partial charge is 0.270 e. The summed E-state index contributed by atoms with van der Waals surface area (Å²) in [4.78, 5) is 28.3. The third-order valence-corrected chi connectivity index (χ3v) is 3.50. The molecule has 1 aromatic heterocycles. The van der Waals surface area contributed by atoms with Crippen molar-refractivity contribution in [2.45, 2.75) is 27.3 Å². The number of hydrogen-bond acceptors (Lipinski definition) is 3. The largest absolute Gasteiger partial charge is 0.352 e. The molecule has 1 heterocycles. The third-order valence-electron chi connectivity index (χ3n) is 3.50. The summed E-state index contributed by atoms with van der Waals surface area (Å²) in [6.45, 7) is 7.08. The van der Waals surface area contributed by atoms with E-state index in [1.165, 1.54) is 17.8 Å². The summed E-state index contributed by atoms with van der Waals surface area (Å²) in [5.41, 5.74) is 2.86. The van der Waals surface area contributed by atoms with E-state index in [9.17, 15) is 9.59 Å². The summed E-state index contributed by atoms with van der Waals surface area (Å²) in [6, 6.07) is 11.1. The number of benzene rings is 1. The molecule has 1 aromatic carbocycles. The molecule has 0 atom stereocenters. The lowest BCUT2D eigenvalue weighted by atomic mass is 10.1. The van der Waals surface area contributed by atoms with Crippen LogP contribution in [-0.2, 0) is 6.54 Å². The Balaban J connectivity index is 1.98. The van der Waals surface area contributed by atoms with Crippen molar-refractivity contribution in [1.29, 1.82) is 0 Å². The zero-order valence-electron chi connectivity index (χ0n) is 14.3. The van der Waals surface area contributed by atoms with Gasteiger partial charge in [-0.1, -0.05) is 43.7 Å². The molecule has 0 fully saturated rings. The van der Waals surface area contributed by atoms with Gasteiger partial charge in [-0.05, 0) is 30.5 Å². The van der Waals surface area contributed by atoms with E-state index in [0.717, 1.165) is 5.56 Å². The van der Waals surface area contributed by atoms with Crippen molar-refractivity contribution < 1.29 is 9.59 Å². The molecule has 5 nitrogen and oxygen atoms in total. The average Bonchev–Trinajstić information content (AvgIpc) is 2.59. The van der Waals surface area contributed by atoms with Crippen molar-refractivity contribution >= 4 is 11.8 Å². The van der Waals surface area contributed by atoms with Gasteiger partial charge >= 0.3 is 0 Å². The van der Waals surface area contributed by atoms with Crippen molar-refractivity contribution in [3.05, 3.63) is 65.0 Å². The Labute approximate surface area is 142 Å². The second kappa shape index (κ2) is 8.24. The highest BCUT2D eigenvalue weighted by Crippen LogP contribution is 2.05. The summed E-state index contributed by atoms with van der Waals surface area (Å²) in [6.07, 6.45) is 1.48. The molecule has 0 radical (unpaired) electrons. The molecular formula is C19H23N3O2. The Morgan fingerprint density at radius 2 is 1.75 bits per heavy atom. The number of carbonyl (C=O) groups excluding carboxylic acids is 2. The normalized spacial score (nSPS) is 10.5. The summed E-state index contributed by atoms with van der Waals surface area (Å²) in [7, 11) is 0. The van der Waals surface area contributed by atoms with Crippen LogP contribution in [0.25, 0.3) is 0 Å². The molecule has 2 amide bonds. The predicted octanol–water partition coefficient (Wildman–Crippen LogP) is 2.71. The van der Waals surface area contributed by atoms with Gasteiger partial charge in [0.15, 0.2) is 0 Å². The van der Waals surface area contributed by atoms with E-state index in [1.54, 1.807) is 6.07 Å². The van der Waals surface area contributed by atoms with Crippen molar-refractivity contribution in [3.63, 3.8) is 0 Å². The zero-order valence-corrected chi connectivity index (χ0v) is 14.3. The molecule has 0 unspecified atom stereocenters. The van der Waals surface area contributed by atoms with Crippen LogP contribution in [-0.4, -0.2) is 23.3 Å². The second-order valence-corrected chi connectivity index (χ2v) is 6.20. The highest BCUT2D eigenvalue weighted by Gasteiger charge is 2.12. The van der Waals surface area contributed by atoms with Gasteiger partial charge in [-0.15, -0.1) is 0 Å². The molecule has 5 heteroatoms. The fraction of sp³-hybridized carbons (Fsp3) is 0.316. The first kappa shape index (κ1) is 17.7. The molecular weight excluding hydrogens is 302 g/mol. The van der Waals surface area contributed by atoms with E-state index in [1.807, 2.05) is 45.0 Å². The van der Waals surface area contributed by atoms with Gasteiger partial charge in [0.2, 0.25) is 0 Å². The molecule has 24 heavy (non-hydrogen) atoms. The van der Waals surface area contributed by atoms with Crippen molar-refractivity contribution in [2.75, 3.05) is 6.54 Å². The molecule has 0 bridgehead atoms. The number of hydrogen-bond donors (Lipinski definition) is 2. The van der Waals surface area contributed by atoms with Crippen LogP contribution in [0.1, 0.15) is 45.8 Å². The number of rotatable bonds is 6. The van der Waals surface area contributed by atoms with Gasteiger partial charge in [0.1, 0.15) is 5.69 Å². The Bertz CT molecular complexity index is 709. The van der Waals surface area contributed by atoms with Gasteiger partial charge in [-0.3, -0.25) is 14.6 Å². The SMILES string of the molecule is Cc1ccc(CNC(=O)c2cc(C(=O)NCC(C)C)ccn2)cc1. The van der Waals surface area contributed by atoms with E-state index in [0.29, 0.717) is 24.6 Å². The Hall–Kier alpha value is -2.69. The van der Waals surface area contributed by atoms with Crippen LogP contribution >= 0.6 is 0 Å². The first-order chi connectivity index (χ1) is 11.5. The number of aryl methyl sites for hydroxylation is 1. The summed E-state index contributed by atoms with van der Waals surface area (Å²) in [5.74, 6) is -0.124. The second-order valence-electron chi connectivity index (χ2n) is 6.20. The quantitative estimate of drug-likeness (QED) is 0.858.